The fourth-order valence-electron chi connectivity index (χ4n) is 2.93. The molecule has 0 aliphatic heterocycles. The van der Waals surface area contributed by atoms with Gasteiger partial charge in [0.15, 0.2) is 0 Å². The maximum Gasteiger partial charge on any atom is 1.00 e. The molecule has 0 spiro atoms. The SMILES string of the molecule is O=C(Nc1cc(S(=O)(=O)[O-])cc2cc(S(=O)(=O)[O-])ccc12)c1ccc([N+](=O)[O-])cc1S(=O)(=O)[O-].[Na+].[Na+].[Na+]. The summed E-state index contributed by atoms with van der Waals surface area (Å²) in [5, 5.41) is 12.6. The number of nitrogens with one attached hydrogen (secondary N) is 1. The van der Waals surface area contributed by atoms with E-state index in [0.29, 0.717) is 18.2 Å². The van der Waals surface area contributed by atoms with Crippen LogP contribution < -0.4 is 94.0 Å². The van der Waals surface area contributed by atoms with Gasteiger partial charge in [0.2, 0.25) is 0 Å². The molecule has 37 heavy (non-hydrogen) atoms. The van der Waals surface area contributed by atoms with Crippen molar-refractivity contribution in [3.05, 3.63) is 64.2 Å². The molecule has 0 aromatic heterocycles. The second kappa shape index (κ2) is 13.2. The van der Waals surface area contributed by atoms with Gasteiger partial charge in [-0.3, -0.25) is 14.9 Å². The number of fused-ring (bicyclic) bond motifs is 1. The van der Waals surface area contributed by atoms with Crippen LogP contribution in [-0.2, 0) is 30.4 Å². The van der Waals surface area contributed by atoms with Crippen LogP contribution in [0.5, 0.6) is 0 Å². The van der Waals surface area contributed by atoms with Gasteiger partial charge in [0.1, 0.15) is 30.4 Å². The number of carbonyl (C=O) groups excluding carboxylic acids is 1. The molecule has 0 aliphatic carbocycles. The largest absolute Gasteiger partial charge is 1.00 e. The van der Waals surface area contributed by atoms with Gasteiger partial charge in [0, 0.05) is 17.5 Å². The molecule has 0 fully saturated rings. The third kappa shape index (κ3) is 8.75. The van der Waals surface area contributed by atoms with Crippen molar-refractivity contribution in [2.45, 2.75) is 14.7 Å². The first-order valence-corrected chi connectivity index (χ1v) is 12.8. The van der Waals surface area contributed by atoms with E-state index < -0.39 is 72.8 Å². The topological polar surface area (TPSA) is 244 Å². The van der Waals surface area contributed by atoms with Crippen LogP contribution in [0.3, 0.4) is 0 Å². The number of nitro groups is 1. The maximum absolute atomic E-state index is 12.7. The Morgan fingerprint density at radius 3 is 1.76 bits per heavy atom. The van der Waals surface area contributed by atoms with Crippen LogP contribution in [0.1, 0.15) is 10.4 Å². The average molecular weight is 598 g/mol. The molecule has 0 atom stereocenters. The Kier molecular flexibility index (Phi) is 13.1. The summed E-state index contributed by atoms with van der Waals surface area (Å²) in [7, 11) is -15.5. The smallest absolute Gasteiger partial charge is 0.744 e. The van der Waals surface area contributed by atoms with Crippen LogP contribution in [-0.4, -0.2) is 49.7 Å². The van der Waals surface area contributed by atoms with Gasteiger partial charge >= 0.3 is 88.7 Å². The number of nitrogens with zero attached hydrogens (tertiary/aromatic N) is 1. The molecule has 14 nitrogen and oxygen atoms in total. The number of non-ortho nitro benzene ring substituents is 1. The number of hydrogen-bond donors (Lipinski definition) is 1. The van der Waals surface area contributed by atoms with Crippen LogP contribution in [0.4, 0.5) is 11.4 Å². The number of hydrogen-bond acceptors (Lipinski definition) is 12. The van der Waals surface area contributed by atoms with E-state index in [1.165, 1.54) is 0 Å². The Bertz CT molecular complexity index is 1700. The number of anilines is 1. The summed E-state index contributed by atoms with van der Waals surface area (Å²) in [6, 6.07) is 5.82. The van der Waals surface area contributed by atoms with E-state index in [9.17, 15) is 53.8 Å². The van der Waals surface area contributed by atoms with Crippen molar-refractivity contribution in [2.75, 3.05) is 5.32 Å². The molecule has 3 aromatic carbocycles. The molecule has 1 N–H and O–H groups in total. The van der Waals surface area contributed by atoms with E-state index in [1.54, 1.807) is 0 Å². The fraction of sp³-hybridized carbons (Fsp3) is 0. The van der Waals surface area contributed by atoms with Crippen LogP contribution >= 0.6 is 0 Å². The molecule has 0 unspecified atom stereocenters. The van der Waals surface area contributed by atoms with Gasteiger partial charge < -0.3 is 19.0 Å². The summed E-state index contributed by atoms with van der Waals surface area (Å²) in [5.74, 6) is -1.33. The predicted molar refractivity (Wildman–Crippen MR) is 109 cm³/mol. The minimum absolute atomic E-state index is 0. The second-order valence-electron chi connectivity index (χ2n) is 6.61. The second-order valence-corrected chi connectivity index (χ2v) is 10.7. The summed E-state index contributed by atoms with van der Waals surface area (Å²) in [4.78, 5) is 19.7. The Labute approximate surface area is 276 Å². The Balaban J connectivity index is 0.00000432. The Hall–Kier alpha value is -0.480. The molecule has 20 heteroatoms. The van der Waals surface area contributed by atoms with Gasteiger partial charge in [-0.1, -0.05) is 6.07 Å². The van der Waals surface area contributed by atoms with Crippen LogP contribution in [0.25, 0.3) is 10.8 Å². The zero-order chi connectivity index (χ0) is 25.6. The molecule has 1 amide bonds. The van der Waals surface area contributed by atoms with E-state index in [-0.39, 0.29) is 99.4 Å². The van der Waals surface area contributed by atoms with E-state index in [1.807, 2.05) is 0 Å². The van der Waals surface area contributed by atoms with Crippen LogP contribution in [0.15, 0.2) is 63.2 Å². The van der Waals surface area contributed by atoms with Gasteiger partial charge in [-0.05, 0) is 35.7 Å². The van der Waals surface area contributed by atoms with Crippen molar-refractivity contribution in [1.82, 2.24) is 0 Å². The molecule has 0 saturated carbocycles. The van der Waals surface area contributed by atoms with Gasteiger partial charge in [0.05, 0.1) is 30.9 Å². The minimum Gasteiger partial charge on any atom is -0.744 e. The third-order valence-corrected chi connectivity index (χ3v) is 6.93. The molecule has 0 bridgehead atoms. The van der Waals surface area contributed by atoms with Gasteiger partial charge in [0.25, 0.3) is 11.6 Å². The maximum atomic E-state index is 12.7. The Morgan fingerprint density at radius 2 is 1.27 bits per heavy atom. The summed E-state index contributed by atoms with van der Waals surface area (Å²) in [6.07, 6.45) is 0. The number of rotatable bonds is 6. The zero-order valence-electron chi connectivity index (χ0n) is 19.2. The number of carbonyl (C=O) groups is 1. The third-order valence-electron chi connectivity index (χ3n) is 4.41. The number of benzene rings is 3. The number of nitro benzene ring substituents is 1. The molecule has 0 saturated heterocycles. The molecule has 3 rings (SSSR count). The van der Waals surface area contributed by atoms with Gasteiger partial charge in [-0.2, -0.15) is 0 Å². The van der Waals surface area contributed by atoms with Crippen molar-refractivity contribution in [2.24, 2.45) is 0 Å². The summed E-state index contributed by atoms with van der Waals surface area (Å²) in [6.45, 7) is 0. The zero-order valence-corrected chi connectivity index (χ0v) is 27.6. The van der Waals surface area contributed by atoms with E-state index in [4.69, 9.17) is 0 Å². The molecule has 0 heterocycles. The first-order chi connectivity index (χ1) is 15.5. The van der Waals surface area contributed by atoms with Gasteiger partial charge in [-0.25, -0.2) is 25.3 Å². The van der Waals surface area contributed by atoms with Crippen molar-refractivity contribution in [3.63, 3.8) is 0 Å². The molecule has 0 aliphatic rings. The summed E-state index contributed by atoms with van der Waals surface area (Å²) in [5.41, 5.74) is -2.07. The quantitative estimate of drug-likeness (QED) is 0.120. The molecular weight excluding hydrogens is 589 g/mol. The first kappa shape index (κ1) is 36.5. The van der Waals surface area contributed by atoms with E-state index in [2.05, 4.69) is 5.32 Å². The predicted octanol–water partition coefficient (Wildman–Crippen LogP) is -8.28. The van der Waals surface area contributed by atoms with Crippen LogP contribution in [0.2, 0.25) is 0 Å². The van der Waals surface area contributed by atoms with E-state index >= 15 is 0 Å². The monoisotopic (exact) mass is 598 g/mol. The van der Waals surface area contributed by atoms with Crippen molar-refractivity contribution in [1.29, 1.82) is 0 Å². The Morgan fingerprint density at radius 1 is 0.730 bits per heavy atom. The fourth-order valence-corrected chi connectivity index (χ4v) is 4.67. The standard InChI is InChI=1S/C17H12N2O12S3.3Na/c20-17(14-3-1-10(19(21)22)7-16(14)34(29,30)31)18-15-8-12(33(26,27)28)6-9-5-11(32(23,24)25)2-4-13(9)15;;;/h1-8H,(H,18,20)(H,23,24,25)(H,26,27,28)(H,29,30,31);;;/q;3*+1/p-3. The van der Waals surface area contributed by atoms with Crippen LogP contribution in [0, 0.1) is 10.1 Å². The van der Waals surface area contributed by atoms with Crippen molar-refractivity contribution >= 4 is 58.4 Å². The van der Waals surface area contributed by atoms with Crippen molar-refractivity contribution in [3.8, 4) is 0 Å². The van der Waals surface area contributed by atoms with E-state index in [0.717, 1.165) is 30.3 Å². The number of amides is 1. The minimum atomic E-state index is -5.39. The normalized spacial score (nSPS) is 11.4. The van der Waals surface area contributed by atoms with Gasteiger partial charge in [-0.15, -0.1) is 0 Å². The van der Waals surface area contributed by atoms with Crippen molar-refractivity contribution < 1.29 is 137 Å². The molecular formula is C17H9N2Na3O12S3. The molecule has 180 valence electrons. The first-order valence-electron chi connectivity index (χ1n) is 8.54. The summed E-state index contributed by atoms with van der Waals surface area (Å²) >= 11 is 0. The molecule has 3 aromatic rings. The average Bonchev–Trinajstić information content (AvgIpc) is 2.70. The molecule has 0 radical (unpaired) electrons. The summed E-state index contributed by atoms with van der Waals surface area (Å²) < 4.78 is 103.